The predicted molar refractivity (Wildman–Crippen MR) is 48.5 cm³/mol. The van der Waals surface area contributed by atoms with Crippen LogP contribution in [0.1, 0.15) is 13.8 Å². The van der Waals surface area contributed by atoms with Gasteiger partial charge >= 0.3 is 0 Å². The molecule has 0 bridgehead atoms. The third kappa shape index (κ3) is 1.87. The summed E-state index contributed by atoms with van der Waals surface area (Å²) in [5.41, 5.74) is -0.904. The summed E-state index contributed by atoms with van der Waals surface area (Å²) >= 11 is 16.6. The molecule has 1 heterocycles. The highest BCUT2D eigenvalue weighted by atomic mass is 35.6. The Morgan fingerprint density at radius 3 is 2.08 bits per heavy atom. The minimum Gasteiger partial charge on any atom is -0.479 e. The van der Waals surface area contributed by atoms with E-state index < -0.39 is 9.39 Å². The Labute approximate surface area is 85.4 Å². The van der Waals surface area contributed by atoms with E-state index in [1.165, 1.54) is 6.08 Å². The van der Waals surface area contributed by atoms with Gasteiger partial charge in [0.05, 0.1) is 0 Å². The average molecular weight is 229 g/mol. The minimum atomic E-state index is -1.65. The molecule has 1 aliphatic heterocycles. The molecule has 1 aliphatic rings. The van der Waals surface area contributed by atoms with Gasteiger partial charge in [0.1, 0.15) is 0 Å². The maximum Gasteiger partial charge on any atom is 0.247 e. The molecule has 0 aromatic carbocycles. The molecule has 0 N–H and O–H groups in total. The molecule has 0 unspecified atom stereocenters. The maximum atomic E-state index is 11.2. The van der Waals surface area contributed by atoms with Crippen LogP contribution < -0.4 is 0 Å². The second-order valence-corrected chi connectivity index (χ2v) is 5.26. The molecular formula is C7H7Cl3O2. The molecule has 0 amide bonds. The van der Waals surface area contributed by atoms with Crippen molar-refractivity contribution >= 4 is 40.6 Å². The summed E-state index contributed by atoms with van der Waals surface area (Å²) < 4.78 is 3.49. The summed E-state index contributed by atoms with van der Waals surface area (Å²) in [5, 5.41) is 0. The fraction of sp³-hybridized carbons (Fsp3) is 0.571. The molecule has 0 saturated carbocycles. The average Bonchev–Trinajstić information content (AvgIpc) is 2.06. The smallest absolute Gasteiger partial charge is 0.247 e. The van der Waals surface area contributed by atoms with E-state index in [0.717, 1.165) is 0 Å². The van der Waals surface area contributed by atoms with Crippen LogP contribution in [-0.4, -0.2) is 15.2 Å². The number of carbonyl (C=O) groups is 1. The van der Waals surface area contributed by atoms with Gasteiger partial charge in [-0.15, -0.1) is 0 Å². The molecule has 1 rings (SSSR count). The van der Waals surface area contributed by atoms with Gasteiger partial charge in [-0.1, -0.05) is 34.8 Å². The van der Waals surface area contributed by atoms with Crippen molar-refractivity contribution in [2.75, 3.05) is 0 Å². The lowest BCUT2D eigenvalue weighted by molar-refractivity contribution is -0.127. The Hall–Kier alpha value is 0.0800. The first kappa shape index (κ1) is 10.2. The monoisotopic (exact) mass is 228 g/mol. The number of ketones is 1. The Balaban J connectivity index is 2.90. The van der Waals surface area contributed by atoms with Crippen LogP contribution in [0, 0.1) is 0 Å². The summed E-state index contributed by atoms with van der Waals surface area (Å²) in [4.78, 5) is 11.2. The first-order chi connectivity index (χ1) is 5.23. The second kappa shape index (κ2) is 2.79. The minimum absolute atomic E-state index is 0.0856. The molecular weight excluding hydrogens is 222 g/mol. The predicted octanol–water partition coefficient (Wildman–Crippen LogP) is 2.62. The Kier molecular flexibility index (Phi) is 2.36. The maximum absolute atomic E-state index is 11.2. The van der Waals surface area contributed by atoms with Crippen molar-refractivity contribution in [3.63, 3.8) is 0 Å². The quantitative estimate of drug-likeness (QED) is 0.597. The van der Waals surface area contributed by atoms with E-state index in [0.29, 0.717) is 0 Å². The van der Waals surface area contributed by atoms with E-state index in [-0.39, 0.29) is 11.5 Å². The van der Waals surface area contributed by atoms with Crippen LogP contribution in [0.25, 0.3) is 0 Å². The van der Waals surface area contributed by atoms with Crippen LogP contribution in [0.3, 0.4) is 0 Å². The second-order valence-electron chi connectivity index (χ2n) is 2.98. The largest absolute Gasteiger partial charge is 0.479 e. The molecule has 12 heavy (non-hydrogen) atoms. The van der Waals surface area contributed by atoms with Crippen LogP contribution in [-0.2, 0) is 9.53 Å². The molecule has 0 radical (unpaired) electrons. The Bertz CT molecular complexity index is 250. The lowest BCUT2D eigenvalue weighted by Crippen LogP contribution is -2.28. The molecule has 0 aliphatic carbocycles. The van der Waals surface area contributed by atoms with Gasteiger partial charge in [0.25, 0.3) is 0 Å². The van der Waals surface area contributed by atoms with Crippen molar-refractivity contribution in [2.45, 2.75) is 23.2 Å². The highest BCUT2D eigenvalue weighted by Gasteiger charge is 2.42. The third-order valence-corrected chi connectivity index (χ3v) is 2.06. The van der Waals surface area contributed by atoms with Gasteiger partial charge < -0.3 is 4.74 Å². The molecule has 0 aromatic heterocycles. The molecule has 68 valence electrons. The fourth-order valence-corrected chi connectivity index (χ4v) is 1.07. The van der Waals surface area contributed by atoms with Crippen LogP contribution >= 0.6 is 34.8 Å². The van der Waals surface area contributed by atoms with E-state index in [1.807, 2.05) is 0 Å². The summed E-state index contributed by atoms with van der Waals surface area (Å²) in [5.74, 6) is -0.105. The number of ether oxygens (including phenoxy) is 1. The van der Waals surface area contributed by atoms with Gasteiger partial charge in [-0.3, -0.25) is 4.79 Å². The third-order valence-electron chi connectivity index (χ3n) is 1.50. The van der Waals surface area contributed by atoms with Crippen molar-refractivity contribution in [3.05, 3.63) is 11.8 Å². The van der Waals surface area contributed by atoms with Gasteiger partial charge in [0.2, 0.25) is 9.58 Å². The molecule has 5 heteroatoms. The van der Waals surface area contributed by atoms with Gasteiger partial charge in [-0.25, -0.2) is 0 Å². The fourth-order valence-electron chi connectivity index (χ4n) is 0.787. The Morgan fingerprint density at radius 1 is 1.42 bits per heavy atom. The first-order valence-corrected chi connectivity index (χ1v) is 4.39. The van der Waals surface area contributed by atoms with Gasteiger partial charge in [-0.05, 0) is 13.8 Å². The number of allylic oxidation sites excluding steroid dienone is 1. The van der Waals surface area contributed by atoms with E-state index >= 15 is 0 Å². The highest BCUT2D eigenvalue weighted by Crippen LogP contribution is 2.40. The summed E-state index contributed by atoms with van der Waals surface area (Å²) in [6.45, 7) is 3.24. The van der Waals surface area contributed by atoms with Crippen molar-refractivity contribution in [3.8, 4) is 0 Å². The number of rotatable bonds is 0. The highest BCUT2D eigenvalue weighted by molar-refractivity contribution is 6.69. The SMILES string of the molecule is CC1(C)OC(C(Cl)(Cl)Cl)=CC1=O. The molecule has 0 spiro atoms. The van der Waals surface area contributed by atoms with Crippen molar-refractivity contribution in [1.82, 2.24) is 0 Å². The zero-order valence-electron chi connectivity index (χ0n) is 6.53. The van der Waals surface area contributed by atoms with Crippen LogP contribution in [0.5, 0.6) is 0 Å². The molecule has 0 aromatic rings. The molecule has 2 nitrogen and oxygen atoms in total. The molecule has 0 atom stereocenters. The lowest BCUT2D eigenvalue weighted by Gasteiger charge is -2.20. The number of hydrogen-bond acceptors (Lipinski definition) is 2. The zero-order chi connectivity index (χ0) is 9.57. The first-order valence-electron chi connectivity index (χ1n) is 3.26. The van der Waals surface area contributed by atoms with E-state index in [9.17, 15) is 4.79 Å². The van der Waals surface area contributed by atoms with Gasteiger partial charge in [0.15, 0.2) is 11.4 Å². The molecule has 0 saturated heterocycles. The van der Waals surface area contributed by atoms with E-state index in [1.54, 1.807) is 13.8 Å². The van der Waals surface area contributed by atoms with Crippen molar-refractivity contribution < 1.29 is 9.53 Å². The summed E-state index contributed by atoms with van der Waals surface area (Å²) in [6, 6.07) is 0. The zero-order valence-corrected chi connectivity index (χ0v) is 8.80. The Morgan fingerprint density at radius 2 is 1.92 bits per heavy atom. The van der Waals surface area contributed by atoms with Crippen LogP contribution in [0.15, 0.2) is 11.8 Å². The number of hydrogen-bond donors (Lipinski definition) is 0. The lowest BCUT2D eigenvalue weighted by atomic mass is 10.1. The van der Waals surface area contributed by atoms with Crippen molar-refractivity contribution in [2.24, 2.45) is 0 Å². The number of alkyl halides is 3. The van der Waals surface area contributed by atoms with Crippen LogP contribution in [0.4, 0.5) is 0 Å². The summed E-state index contributed by atoms with van der Waals surface area (Å²) in [7, 11) is 0. The summed E-state index contributed by atoms with van der Waals surface area (Å²) in [6.07, 6.45) is 1.22. The standard InChI is InChI=1S/C7H7Cl3O2/c1-6(2)4(11)3-5(12-6)7(8,9)10/h3H,1-2H3. The van der Waals surface area contributed by atoms with Crippen molar-refractivity contribution in [1.29, 1.82) is 0 Å². The van der Waals surface area contributed by atoms with Gasteiger partial charge in [0, 0.05) is 6.08 Å². The topological polar surface area (TPSA) is 26.3 Å². The number of halogens is 3. The number of carbonyl (C=O) groups excluding carboxylic acids is 1. The van der Waals surface area contributed by atoms with E-state index in [2.05, 4.69) is 0 Å². The molecule has 0 fully saturated rings. The van der Waals surface area contributed by atoms with Gasteiger partial charge in [-0.2, -0.15) is 0 Å². The normalized spacial score (nSPS) is 22.1. The van der Waals surface area contributed by atoms with Crippen LogP contribution in [0.2, 0.25) is 0 Å². The van der Waals surface area contributed by atoms with E-state index in [4.69, 9.17) is 39.5 Å².